The standard InChI is InChI=1S/C15H24O4/c1-4-6-7-8-10-15(3)13(17)12(14(18)19-15)11(16)9-5-2/h17H,4-10H2,1-3H3/t15-/m0/s1. The van der Waals surface area contributed by atoms with Crippen LogP contribution in [0, 0.1) is 0 Å². The summed E-state index contributed by atoms with van der Waals surface area (Å²) in [5.41, 5.74) is -1.15. The third kappa shape index (κ3) is 3.58. The van der Waals surface area contributed by atoms with E-state index in [1.54, 1.807) is 6.92 Å². The van der Waals surface area contributed by atoms with E-state index in [1.807, 2.05) is 6.92 Å². The van der Waals surface area contributed by atoms with Gasteiger partial charge in [0.15, 0.2) is 17.1 Å². The van der Waals surface area contributed by atoms with Crippen LogP contribution in [-0.4, -0.2) is 22.5 Å². The van der Waals surface area contributed by atoms with Gasteiger partial charge in [0, 0.05) is 6.42 Å². The normalized spacial score (nSPS) is 22.8. The number of ether oxygens (including phenoxy) is 1. The van der Waals surface area contributed by atoms with Gasteiger partial charge in [-0.3, -0.25) is 4.79 Å². The van der Waals surface area contributed by atoms with Gasteiger partial charge in [0.25, 0.3) is 0 Å². The van der Waals surface area contributed by atoms with Gasteiger partial charge in [0.05, 0.1) is 0 Å². The van der Waals surface area contributed by atoms with Crippen molar-refractivity contribution >= 4 is 11.8 Å². The summed E-state index contributed by atoms with van der Waals surface area (Å²) in [4.78, 5) is 23.6. The predicted molar refractivity (Wildman–Crippen MR) is 72.8 cm³/mol. The lowest BCUT2D eigenvalue weighted by Gasteiger charge is -2.23. The molecule has 0 saturated carbocycles. The fourth-order valence-corrected chi connectivity index (χ4v) is 2.32. The quantitative estimate of drug-likeness (QED) is 0.416. The van der Waals surface area contributed by atoms with Crippen LogP contribution >= 0.6 is 0 Å². The number of ketones is 1. The third-order valence-corrected chi connectivity index (χ3v) is 3.52. The highest BCUT2D eigenvalue weighted by atomic mass is 16.6. The second-order valence-electron chi connectivity index (χ2n) is 5.33. The van der Waals surface area contributed by atoms with Crippen molar-refractivity contribution < 1.29 is 19.4 Å². The zero-order valence-corrected chi connectivity index (χ0v) is 12.1. The molecule has 1 aliphatic heterocycles. The number of rotatable bonds is 8. The van der Waals surface area contributed by atoms with E-state index in [2.05, 4.69) is 6.92 Å². The van der Waals surface area contributed by atoms with E-state index in [1.165, 1.54) is 0 Å². The zero-order chi connectivity index (χ0) is 14.5. The number of unbranched alkanes of at least 4 members (excludes halogenated alkanes) is 3. The van der Waals surface area contributed by atoms with Crippen molar-refractivity contribution in [2.45, 2.75) is 71.3 Å². The molecule has 0 aromatic carbocycles. The molecular formula is C15H24O4. The molecule has 1 aliphatic rings. The van der Waals surface area contributed by atoms with Crippen molar-refractivity contribution in [1.29, 1.82) is 0 Å². The van der Waals surface area contributed by atoms with Gasteiger partial charge >= 0.3 is 5.97 Å². The molecule has 0 aliphatic carbocycles. The lowest BCUT2D eigenvalue weighted by molar-refractivity contribution is -0.148. The molecule has 1 atom stereocenters. The molecule has 0 saturated heterocycles. The predicted octanol–water partition coefficient (Wildman–Crippen LogP) is 3.45. The number of carbonyl (C=O) groups excluding carboxylic acids is 2. The molecule has 0 bridgehead atoms. The molecule has 4 heteroatoms. The first-order valence-electron chi connectivity index (χ1n) is 7.16. The average Bonchev–Trinajstić information content (AvgIpc) is 2.56. The van der Waals surface area contributed by atoms with Crippen LogP contribution in [0.2, 0.25) is 0 Å². The molecule has 0 aromatic heterocycles. The molecular weight excluding hydrogens is 244 g/mol. The van der Waals surface area contributed by atoms with Gasteiger partial charge in [-0.15, -0.1) is 0 Å². The summed E-state index contributed by atoms with van der Waals surface area (Å²) in [6, 6.07) is 0. The maximum atomic E-state index is 11.8. The Hall–Kier alpha value is -1.32. The molecule has 1 N–H and O–H groups in total. The topological polar surface area (TPSA) is 63.6 Å². The number of Topliss-reactive ketones (excluding diaryl/α,β-unsaturated/α-hetero) is 1. The largest absolute Gasteiger partial charge is 0.507 e. The van der Waals surface area contributed by atoms with Crippen molar-refractivity contribution in [3.8, 4) is 0 Å². The maximum absolute atomic E-state index is 11.8. The SMILES string of the molecule is CCCCCC[C@]1(C)OC(=O)C(C(=O)CCC)=C1O. The third-order valence-electron chi connectivity index (χ3n) is 3.52. The van der Waals surface area contributed by atoms with Crippen LogP contribution in [0.4, 0.5) is 0 Å². The van der Waals surface area contributed by atoms with Crippen molar-refractivity contribution in [1.82, 2.24) is 0 Å². The number of aliphatic hydroxyl groups is 1. The van der Waals surface area contributed by atoms with Gasteiger partial charge in [0.1, 0.15) is 5.57 Å². The van der Waals surface area contributed by atoms with Gasteiger partial charge in [-0.25, -0.2) is 4.79 Å². The maximum Gasteiger partial charge on any atom is 0.346 e. The van der Waals surface area contributed by atoms with E-state index in [-0.39, 0.29) is 23.5 Å². The van der Waals surface area contributed by atoms with Crippen LogP contribution < -0.4 is 0 Å². The Labute approximate surface area is 114 Å². The smallest absolute Gasteiger partial charge is 0.346 e. The van der Waals surface area contributed by atoms with Gasteiger partial charge < -0.3 is 9.84 Å². The van der Waals surface area contributed by atoms with Gasteiger partial charge in [0.2, 0.25) is 0 Å². The van der Waals surface area contributed by atoms with Gasteiger partial charge in [-0.1, -0.05) is 33.1 Å². The first-order valence-corrected chi connectivity index (χ1v) is 7.16. The monoisotopic (exact) mass is 268 g/mol. The van der Waals surface area contributed by atoms with Crippen LogP contribution in [0.1, 0.15) is 65.7 Å². The lowest BCUT2D eigenvalue weighted by Crippen LogP contribution is -2.27. The Kier molecular flexibility index (Phi) is 5.58. The highest BCUT2D eigenvalue weighted by Gasteiger charge is 2.46. The van der Waals surface area contributed by atoms with Crippen LogP contribution in [0.3, 0.4) is 0 Å². The average molecular weight is 268 g/mol. The van der Waals surface area contributed by atoms with E-state index in [4.69, 9.17) is 4.74 Å². The zero-order valence-electron chi connectivity index (χ0n) is 12.1. The van der Waals surface area contributed by atoms with E-state index < -0.39 is 11.6 Å². The summed E-state index contributed by atoms with van der Waals surface area (Å²) in [5.74, 6) is -1.16. The molecule has 4 nitrogen and oxygen atoms in total. The summed E-state index contributed by atoms with van der Waals surface area (Å²) in [6.45, 7) is 5.66. The number of hydrogen-bond donors (Lipinski definition) is 1. The molecule has 0 unspecified atom stereocenters. The second-order valence-corrected chi connectivity index (χ2v) is 5.33. The Balaban J connectivity index is 2.76. The lowest BCUT2D eigenvalue weighted by atomic mass is 9.93. The Morgan fingerprint density at radius 1 is 1.21 bits per heavy atom. The van der Waals surface area contributed by atoms with Crippen LogP contribution in [0.25, 0.3) is 0 Å². The minimum Gasteiger partial charge on any atom is -0.507 e. The molecule has 1 heterocycles. The number of esters is 1. The van der Waals surface area contributed by atoms with Crippen LogP contribution in [-0.2, 0) is 14.3 Å². The van der Waals surface area contributed by atoms with Crippen molar-refractivity contribution in [2.24, 2.45) is 0 Å². The molecule has 0 amide bonds. The minimum atomic E-state index is -1.01. The summed E-state index contributed by atoms with van der Waals surface area (Å²) in [7, 11) is 0. The molecule has 0 spiro atoms. The Morgan fingerprint density at radius 2 is 1.89 bits per heavy atom. The molecule has 0 fully saturated rings. The Bertz CT molecular complexity index is 384. The van der Waals surface area contributed by atoms with E-state index in [0.717, 1.165) is 25.7 Å². The Morgan fingerprint density at radius 3 is 2.47 bits per heavy atom. The minimum absolute atomic E-state index is 0.139. The van der Waals surface area contributed by atoms with Gasteiger partial charge in [-0.05, 0) is 26.2 Å². The summed E-state index contributed by atoms with van der Waals surface area (Å²) in [6.07, 6.45) is 5.63. The van der Waals surface area contributed by atoms with E-state index in [0.29, 0.717) is 12.8 Å². The number of cyclic esters (lactones) is 1. The second kappa shape index (κ2) is 6.73. The highest BCUT2D eigenvalue weighted by Crippen LogP contribution is 2.36. The fraction of sp³-hybridized carbons (Fsp3) is 0.733. The molecule has 0 aromatic rings. The highest BCUT2D eigenvalue weighted by molar-refractivity contribution is 6.19. The first kappa shape index (κ1) is 15.7. The van der Waals surface area contributed by atoms with Gasteiger partial charge in [-0.2, -0.15) is 0 Å². The summed E-state index contributed by atoms with van der Waals surface area (Å²) in [5, 5.41) is 10.1. The summed E-state index contributed by atoms with van der Waals surface area (Å²) < 4.78 is 5.24. The van der Waals surface area contributed by atoms with Crippen molar-refractivity contribution in [3.05, 3.63) is 11.3 Å². The molecule has 1 rings (SSSR count). The first-order chi connectivity index (χ1) is 8.96. The molecule has 19 heavy (non-hydrogen) atoms. The number of carbonyl (C=O) groups is 2. The fourth-order valence-electron chi connectivity index (χ4n) is 2.32. The van der Waals surface area contributed by atoms with Crippen molar-refractivity contribution in [3.63, 3.8) is 0 Å². The number of hydrogen-bond acceptors (Lipinski definition) is 4. The van der Waals surface area contributed by atoms with Crippen LogP contribution in [0.5, 0.6) is 0 Å². The van der Waals surface area contributed by atoms with Crippen LogP contribution in [0.15, 0.2) is 11.3 Å². The molecule has 0 radical (unpaired) electrons. The van der Waals surface area contributed by atoms with E-state index >= 15 is 0 Å². The van der Waals surface area contributed by atoms with E-state index in [9.17, 15) is 14.7 Å². The number of aliphatic hydroxyl groups excluding tert-OH is 1. The molecule has 108 valence electrons. The van der Waals surface area contributed by atoms with Crippen molar-refractivity contribution in [2.75, 3.05) is 0 Å². The summed E-state index contributed by atoms with van der Waals surface area (Å²) >= 11 is 0.